The van der Waals surface area contributed by atoms with Crippen LogP contribution in [-0.4, -0.2) is 23.9 Å². The van der Waals surface area contributed by atoms with E-state index in [0.717, 1.165) is 29.2 Å². The number of benzene rings is 1. The Morgan fingerprint density at radius 3 is 2.84 bits per heavy atom. The highest BCUT2D eigenvalue weighted by atomic mass is 16.5. The van der Waals surface area contributed by atoms with Crippen molar-refractivity contribution in [2.24, 2.45) is 5.92 Å². The standard InChI is InChI=1S/C14H17N3O2/c1-18-12-4-2-3-10(11-7-16-17-14(11)15)13(12)19-8-9-5-6-9/h2-4,7,9H,5-6,8H2,1H3,(H3,15,16,17). The molecule has 0 spiro atoms. The molecule has 2 aromatic rings. The minimum absolute atomic E-state index is 0.532. The van der Waals surface area contributed by atoms with Crippen molar-refractivity contribution in [1.82, 2.24) is 10.2 Å². The number of methoxy groups -OCH3 is 1. The maximum Gasteiger partial charge on any atom is 0.169 e. The molecule has 1 aromatic carbocycles. The lowest BCUT2D eigenvalue weighted by Gasteiger charge is -2.14. The zero-order valence-electron chi connectivity index (χ0n) is 10.8. The third-order valence-electron chi connectivity index (χ3n) is 3.32. The molecule has 100 valence electrons. The number of nitrogens with zero attached hydrogens (tertiary/aromatic N) is 1. The van der Waals surface area contributed by atoms with Gasteiger partial charge in [-0.25, -0.2) is 0 Å². The fraction of sp³-hybridized carbons (Fsp3) is 0.357. The van der Waals surface area contributed by atoms with Crippen molar-refractivity contribution in [3.8, 4) is 22.6 Å². The number of nitrogens with one attached hydrogen (secondary N) is 1. The molecular weight excluding hydrogens is 242 g/mol. The van der Waals surface area contributed by atoms with E-state index in [2.05, 4.69) is 10.2 Å². The van der Waals surface area contributed by atoms with Crippen molar-refractivity contribution < 1.29 is 9.47 Å². The maximum absolute atomic E-state index is 5.94. The molecule has 19 heavy (non-hydrogen) atoms. The number of anilines is 1. The molecule has 1 aliphatic rings. The van der Waals surface area contributed by atoms with Crippen LogP contribution in [-0.2, 0) is 0 Å². The molecule has 0 aliphatic heterocycles. The summed E-state index contributed by atoms with van der Waals surface area (Å²) in [5.74, 6) is 2.67. The summed E-state index contributed by atoms with van der Waals surface area (Å²) in [4.78, 5) is 0. The van der Waals surface area contributed by atoms with Gasteiger partial charge in [0.1, 0.15) is 5.82 Å². The molecule has 1 saturated carbocycles. The van der Waals surface area contributed by atoms with Crippen molar-refractivity contribution in [3.63, 3.8) is 0 Å². The van der Waals surface area contributed by atoms with E-state index in [4.69, 9.17) is 15.2 Å². The summed E-state index contributed by atoms with van der Waals surface area (Å²) in [6.07, 6.45) is 4.20. The molecule has 1 aromatic heterocycles. The van der Waals surface area contributed by atoms with Crippen LogP contribution >= 0.6 is 0 Å². The first kappa shape index (κ1) is 11.9. The van der Waals surface area contributed by atoms with Crippen LogP contribution in [0.5, 0.6) is 11.5 Å². The number of para-hydroxylation sites is 1. The Balaban J connectivity index is 1.99. The second kappa shape index (κ2) is 4.84. The topological polar surface area (TPSA) is 73.2 Å². The van der Waals surface area contributed by atoms with E-state index >= 15 is 0 Å². The van der Waals surface area contributed by atoms with Gasteiger partial charge >= 0.3 is 0 Å². The molecule has 0 unspecified atom stereocenters. The second-order valence-corrected chi connectivity index (χ2v) is 4.79. The van der Waals surface area contributed by atoms with Gasteiger partial charge in [0.05, 0.1) is 19.9 Å². The molecule has 0 amide bonds. The Morgan fingerprint density at radius 2 is 2.21 bits per heavy atom. The van der Waals surface area contributed by atoms with Crippen LogP contribution in [0.1, 0.15) is 12.8 Å². The van der Waals surface area contributed by atoms with Crippen molar-refractivity contribution in [3.05, 3.63) is 24.4 Å². The number of hydrogen-bond acceptors (Lipinski definition) is 4. The van der Waals surface area contributed by atoms with Gasteiger partial charge in [0.25, 0.3) is 0 Å². The molecule has 3 rings (SSSR count). The van der Waals surface area contributed by atoms with Crippen LogP contribution < -0.4 is 15.2 Å². The van der Waals surface area contributed by atoms with E-state index in [1.807, 2.05) is 18.2 Å². The van der Waals surface area contributed by atoms with Crippen LogP contribution in [0.3, 0.4) is 0 Å². The van der Waals surface area contributed by atoms with Crippen molar-refractivity contribution in [1.29, 1.82) is 0 Å². The molecule has 1 aliphatic carbocycles. The molecule has 1 fully saturated rings. The fourth-order valence-corrected chi connectivity index (χ4v) is 2.03. The number of aromatic amines is 1. The summed E-state index contributed by atoms with van der Waals surface area (Å²) in [5, 5.41) is 6.70. The average Bonchev–Trinajstić information content (AvgIpc) is 3.17. The molecule has 0 saturated heterocycles. The van der Waals surface area contributed by atoms with Gasteiger partial charge < -0.3 is 15.2 Å². The van der Waals surface area contributed by atoms with Crippen LogP contribution in [0, 0.1) is 5.92 Å². The van der Waals surface area contributed by atoms with Crippen LogP contribution in [0.25, 0.3) is 11.1 Å². The number of ether oxygens (including phenoxy) is 2. The van der Waals surface area contributed by atoms with Crippen molar-refractivity contribution in [2.45, 2.75) is 12.8 Å². The molecular formula is C14H17N3O2. The summed E-state index contributed by atoms with van der Waals surface area (Å²) in [5.41, 5.74) is 7.63. The molecule has 0 bridgehead atoms. The zero-order chi connectivity index (χ0) is 13.2. The first-order valence-corrected chi connectivity index (χ1v) is 6.38. The fourth-order valence-electron chi connectivity index (χ4n) is 2.03. The van der Waals surface area contributed by atoms with Crippen LogP contribution in [0.4, 0.5) is 5.82 Å². The Labute approximate surface area is 111 Å². The summed E-state index contributed by atoms with van der Waals surface area (Å²) in [6, 6.07) is 5.78. The number of aromatic nitrogens is 2. The number of nitrogen functional groups attached to an aromatic ring is 1. The predicted octanol–water partition coefficient (Wildman–Crippen LogP) is 2.46. The van der Waals surface area contributed by atoms with E-state index in [1.165, 1.54) is 12.8 Å². The van der Waals surface area contributed by atoms with Gasteiger partial charge in [0, 0.05) is 11.1 Å². The molecule has 1 heterocycles. The van der Waals surface area contributed by atoms with Crippen LogP contribution in [0.2, 0.25) is 0 Å². The van der Waals surface area contributed by atoms with Gasteiger partial charge in [-0.1, -0.05) is 12.1 Å². The third kappa shape index (κ3) is 2.36. The second-order valence-electron chi connectivity index (χ2n) is 4.79. The normalized spacial score (nSPS) is 14.4. The lowest BCUT2D eigenvalue weighted by molar-refractivity contribution is 0.281. The minimum atomic E-state index is 0.532. The van der Waals surface area contributed by atoms with E-state index in [9.17, 15) is 0 Å². The Hall–Kier alpha value is -2.17. The Kier molecular flexibility index (Phi) is 3.03. The maximum atomic E-state index is 5.94. The number of nitrogens with two attached hydrogens (primary N) is 1. The molecule has 3 N–H and O–H groups in total. The van der Waals surface area contributed by atoms with Crippen LogP contribution in [0.15, 0.2) is 24.4 Å². The van der Waals surface area contributed by atoms with Gasteiger partial charge in [-0.2, -0.15) is 5.10 Å². The first-order valence-electron chi connectivity index (χ1n) is 6.38. The summed E-state index contributed by atoms with van der Waals surface area (Å²) >= 11 is 0. The van der Waals surface area contributed by atoms with E-state index in [1.54, 1.807) is 13.3 Å². The highest BCUT2D eigenvalue weighted by Crippen LogP contribution is 2.41. The van der Waals surface area contributed by atoms with Gasteiger partial charge in [0.15, 0.2) is 11.5 Å². The van der Waals surface area contributed by atoms with Gasteiger partial charge in [-0.15, -0.1) is 0 Å². The van der Waals surface area contributed by atoms with E-state index in [0.29, 0.717) is 11.7 Å². The monoisotopic (exact) mass is 259 g/mol. The minimum Gasteiger partial charge on any atom is -0.493 e. The molecule has 0 radical (unpaired) electrons. The first-order chi connectivity index (χ1) is 9.29. The summed E-state index contributed by atoms with van der Waals surface area (Å²) < 4.78 is 11.3. The van der Waals surface area contributed by atoms with Crippen molar-refractivity contribution in [2.75, 3.05) is 19.5 Å². The molecule has 0 atom stereocenters. The molecule has 5 nitrogen and oxygen atoms in total. The average molecular weight is 259 g/mol. The smallest absolute Gasteiger partial charge is 0.169 e. The number of rotatable bonds is 5. The molecule has 5 heteroatoms. The summed E-state index contributed by atoms with van der Waals surface area (Å²) in [6.45, 7) is 0.727. The summed E-state index contributed by atoms with van der Waals surface area (Å²) in [7, 11) is 1.64. The Morgan fingerprint density at radius 1 is 1.37 bits per heavy atom. The van der Waals surface area contributed by atoms with E-state index < -0.39 is 0 Å². The van der Waals surface area contributed by atoms with Gasteiger partial charge in [-0.3, -0.25) is 5.10 Å². The Bertz CT molecular complexity index is 576. The SMILES string of the molecule is COc1cccc(-c2cn[nH]c2N)c1OCC1CC1. The lowest BCUT2D eigenvalue weighted by Crippen LogP contribution is -2.02. The lowest BCUT2D eigenvalue weighted by atomic mass is 10.1. The highest BCUT2D eigenvalue weighted by Gasteiger charge is 2.24. The largest absolute Gasteiger partial charge is 0.493 e. The quantitative estimate of drug-likeness (QED) is 0.865. The van der Waals surface area contributed by atoms with E-state index in [-0.39, 0.29) is 0 Å². The number of hydrogen-bond donors (Lipinski definition) is 2. The third-order valence-corrected chi connectivity index (χ3v) is 3.32. The van der Waals surface area contributed by atoms with Crippen molar-refractivity contribution >= 4 is 5.82 Å². The predicted molar refractivity (Wildman–Crippen MR) is 73.2 cm³/mol. The highest BCUT2D eigenvalue weighted by molar-refractivity contribution is 5.80. The van der Waals surface area contributed by atoms with Gasteiger partial charge in [0.2, 0.25) is 0 Å². The number of H-pyrrole nitrogens is 1. The van der Waals surface area contributed by atoms with Gasteiger partial charge in [-0.05, 0) is 24.8 Å². The zero-order valence-corrected chi connectivity index (χ0v) is 10.8.